The summed E-state index contributed by atoms with van der Waals surface area (Å²) in [7, 11) is 0. The van der Waals surface area contributed by atoms with Crippen LogP contribution in [0.3, 0.4) is 0 Å². The van der Waals surface area contributed by atoms with Gasteiger partial charge in [0.25, 0.3) is 0 Å². The number of imidazole rings is 2. The van der Waals surface area contributed by atoms with Gasteiger partial charge in [0.2, 0.25) is 0 Å². The summed E-state index contributed by atoms with van der Waals surface area (Å²) >= 11 is 0. The molecule has 0 fully saturated rings. The lowest BCUT2D eigenvalue weighted by Crippen LogP contribution is -1.89. The minimum Gasteiger partial charge on any atom is -0.456 e. The molecule has 0 amide bonds. The van der Waals surface area contributed by atoms with Crippen molar-refractivity contribution in [2.75, 3.05) is 0 Å². The van der Waals surface area contributed by atoms with Gasteiger partial charge in [0.1, 0.15) is 33.6 Å². The molecule has 9 heterocycles. The van der Waals surface area contributed by atoms with Crippen LogP contribution in [0.2, 0.25) is 0 Å². The fourth-order valence-corrected chi connectivity index (χ4v) is 14.4. The van der Waals surface area contributed by atoms with E-state index in [1.807, 2.05) is 67.0 Å². The van der Waals surface area contributed by atoms with E-state index < -0.39 is 0 Å². The third-order valence-corrected chi connectivity index (χ3v) is 18.7. The van der Waals surface area contributed by atoms with Crippen LogP contribution in [0.5, 0.6) is 0 Å². The van der Waals surface area contributed by atoms with Gasteiger partial charge in [-0.25, -0.2) is 9.97 Å². The second kappa shape index (κ2) is 19.0. The first-order chi connectivity index (χ1) is 45.1. The zero-order valence-electron chi connectivity index (χ0n) is 48.5. The van der Waals surface area contributed by atoms with Crippen LogP contribution >= 0.6 is 0 Å². The van der Waals surface area contributed by atoms with Gasteiger partial charge in [-0.1, -0.05) is 182 Å². The molecule has 0 unspecified atom stereocenters. The van der Waals surface area contributed by atoms with Crippen LogP contribution in [0.1, 0.15) is 0 Å². The number of benzene rings is 12. The van der Waals surface area contributed by atoms with Crippen molar-refractivity contribution < 1.29 is 13.3 Å². The Hall–Kier alpha value is -12.5. The molecule has 9 nitrogen and oxygen atoms in total. The normalized spacial score (nSPS) is 12.2. The summed E-state index contributed by atoms with van der Waals surface area (Å²) in [6, 6.07) is 89.2. The van der Waals surface area contributed by atoms with E-state index in [4.69, 9.17) is 33.2 Å². The van der Waals surface area contributed by atoms with Gasteiger partial charge in [-0.2, -0.15) is 0 Å². The van der Waals surface area contributed by atoms with Crippen molar-refractivity contribution in [1.82, 2.24) is 28.7 Å². The van der Waals surface area contributed by atoms with Crippen molar-refractivity contribution in [2.45, 2.75) is 0 Å². The molecular formula is C82H46N6O3. The summed E-state index contributed by atoms with van der Waals surface area (Å²) in [6.07, 6.45) is 8.06. The zero-order chi connectivity index (χ0) is 59.4. The van der Waals surface area contributed by atoms with Gasteiger partial charge < -0.3 is 13.3 Å². The summed E-state index contributed by atoms with van der Waals surface area (Å²) < 4.78 is 23.1. The minimum absolute atomic E-state index is 0.845. The lowest BCUT2D eigenvalue weighted by atomic mass is 9.96. The first kappa shape index (κ1) is 49.6. The van der Waals surface area contributed by atoms with E-state index in [1.54, 1.807) is 0 Å². The van der Waals surface area contributed by atoms with Crippen LogP contribution < -0.4 is 0 Å². The number of nitrogens with zero attached hydrogens (tertiary/aromatic N) is 6. The molecule has 0 radical (unpaired) electrons. The number of pyridine rings is 4. The number of hydrogen-bond acceptors (Lipinski definition) is 7. The number of para-hydroxylation sites is 3. The average molecular weight is 1160 g/mol. The van der Waals surface area contributed by atoms with Crippen LogP contribution in [-0.4, -0.2) is 28.7 Å². The molecule has 0 saturated heterocycles. The summed E-state index contributed by atoms with van der Waals surface area (Å²) in [5, 5.41) is 18.3. The lowest BCUT2D eigenvalue weighted by molar-refractivity contribution is 0.666. The Balaban J connectivity index is 0.000000127. The van der Waals surface area contributed by atoms with Crippen molar-refractivity contribution >= 4 is 153 Å². The molecule has 9 aromatic heterocycles. The van der Waals surface area contributed by atoms with E-state index in [1.165, 1.54) is 32.5 Å². The second-order valence-corrected chi connectivity index (χ2v) is 23.7. The van der Waals surface area contributed by atoms with Gasteiger partial charge in [0.05, 0.1) is 45.8 Å². The quantitative estimate of drug-likeness (QED) is 0.162. The molecule has 91 heavy (non-hydrogen) atoms. The molecule has 0 aliphatic carbocycles. The Kier molecular flexibility index (Phi) is 10.4. The average Bonchev–Trinajstić information content (AvgIpc) is 1.63. The highest BCUT2D eigenvalue weighted by atomic mass is 16.3. The van der Waals surface area contributed by atoms with Crippen molar-refractivity contribution in [1.29, 1.82) is 0 Å². The van der Waals surface area contributed by atoms with Crippen molar-refractivity contribution in [3.8, 4) is 44.8 Å². The first-order valence-electron chi connectivity index (χ1n) is 30.5. The fraction of sp³-hybridized carbons (Fsp3) is 0. The Morgan fingerprint density at radius 3 is 1.32 bits per heavy atom. The van der Waals surface area contributed by atoms with Gasteiger partial charge in [0.15, 0.2) is 11.2 Å². The molecule has 0 atom stereocenters. The molecule has 21 aromatic rings. The molecule has 21 rings (SSSR count). The SMILES string of the molecule is c1ccc2c(-c3ccc(-c4ccc5c(c4)c4ccccc4c4nc6cc7c(cn6c54)oc4ccccc47)nc3)cccc2c1.c1ccc2c(c1)oc1cc(-c3ccnc(-c4ccc5c(c4)c4ccccc4c4nc6cc7c(cn6c54)oc4ccccc47)c3)ccc12. The number of fused-ring (bicyclic) bond motifs is 26. The van der Waals surface area contributed by atoms with Crippen LogP contribution in [0.25, 0.3) is 198 Å². The van der Waals surface area contributed by atoms with Crippen LogP contribution in [0, 0.1) is 0 Å². The van der Waals surface area contributed by atoms with Crippen LogP contribution in [0.4, 0.5) is 0 Å². The largest absolute Gasteiger partial charge is 0.456 e. The van der Waals surface area contributed by atoms with E-state index >= 15 is 0 Å². The fourth-order valence-electron chi connectivity index (χ4n) is 14.4. The maximum atomic E-state index is 6.28. The standard InChI is InChI=1S/C42H23N3O2.C40H23N3O/c1-2-10-31-27(7-1)33-19-26(35-20-25(17-18-43-35)24-13-15-30-28-8-3-5-11-36(28)46-38(30)21-24)14-16-32(33)42-41(31)44-40-22-34-29-9-4-6-12-37(29)47-39(34)23-45(40)42;1-2-10-27-24(8-1)9-7-14-28(27)26-17-19-35(41-22-26)25-16-18-32-33(20-25)29-11-3-4-13-31(29)39-40(32)43-23-37-34(21-38(43)42-39)30-12-5-6-15-36(30)44-37/h1-23H;1-23H. The Morgan fingerprint density at radius 1 is 0.264 bits per heavy atom. The minimum atomic E-state index is 0.845. The van der Waals surface area contributed by atoms with Crippen molar-refractivity contribution in [3.05, 3.63) is 280 Å². The number of furan rings is 3. The Morgan fingerprint density at radius 2 is 0.725 bits per heavy atom. The van der Waals surface area contributed by atoms with E-state index in [0.29, 0.717) is 0 Å². The molecule has 0 saturated carbocycles. The van der Waals surface area contributed by atoms with E-state index in [9.17, 15) is 0 Å². The molecule has 12 aromatic carbocycles. The van der Waals surface area contributed by atoms with Gasteiger partial charge in [-0.05, 0) is 122 Å². The molecular weight excluding hydrogens is 1120 g/mol. The van der Waals surface area contributed by atoms with Gasteiger partial charge in [-0.15, -0.1) is 0 Å². The van der Waals surface area contributed by atoms with Crippen molar-refractivity contribution in [2.24, 2.45) is 0 Å². The Labute approximate surface area is 516 Å². The topological polar surface area (TPSA) is 99.8 Å². The molecule has 9 heteroatoms. The van der Waals surface area contributed by atoms with Crippen LogP contribution in [0.15, 0.2) is 293 Å². The lowest BCUT2D eigenvalue weighted by Gasteiger charge is -2.10. The first-order valence-corrected chi connectivity index (χ1v) is 30.5. The number of hydrogen-bond donors (Lipinski definition) is 0. The van der Waals surface area contributed by atoms with Crippen molar-refractivity contribution in [3.63, 3.8) is 0 Å². The third-order valence-electron chi connectivity index (χ3n) is 18.7. The monoisotopic (exact) mass is 1160 g/mol. The summed E-state index contributed by atoms with van der Waals surface area (Å²) in [5.41, 5.74) is 19.7. The molecule has 0 aliphatic rings. The number of rotatable bonds is 4. The molecule has 0 aliphatic heterocycles. The second-order valence-electron chi connectivity index (χ2n) is 23.7. The maximum absolute atomic E-state index is 6.28. The van der Waals surface area contributed by atoms with E-state index in [-0.39, 0.29) is 0 Å². The van der Waals surface area contributed by atoms with E-state index in [2.05, 4.69) is 221 Å². The van der Waals surface area contributed by atoms with E-state index in [0.717, 1.165) is 165 Å². The summed E-state index contributed by atoms with van der Waals surface area (Å²) in [4.78, 5) is 20.1. The maximum Gasteiger partial charge on any atom is 0.152 e. The molecule has 0 bridgehead atoms. The summed E-state index contributed by atoms with van der Waals surface area (Å²) in [5.74, 6) is 0. The van der Waals surface area contributed by atoms with Gasteiger partial charge in [-0.3, -0.25) is 18.8 Å². The number of aromatic nitrogens is 6. The zero-order valence-corrected chi connectivity index (χ0v) is 48.5. The van der Waals surface area contributed by atoms with Crippen LogP contribution in [-0.2, 0) is 0 Å². The van der Waals surface area contributed by atoms with Gasteiger partial charge in [0, 0.05) is 82.9 Å². The predicted molar refractivity (Wildman–Crippen MR) is 372 cm³/mol. The predicted octanol–water partition coefficient (Wildman–Crippen LogP) is 21.9. The highest BCUT2D eigenvalue weighted by Crippen LogP contribution is 2.43. The summed E-state index contributed by atoms with van der Waals surface area (Å²) in [6.45, 7) is 0. The highest BCUT2D eigenvalue weighted by molar-refractivity contribution is 6.26. The molecule has 0 N–H and O–H groups in total. The Bertz CT molecular complexity index is 6660. The molecule has 422 valence electrons. The smallest absolute Gasteiger partial charge is 0.152 e. The third kappa shape index (κ3) is 7.52. The molecule has 0 spiro atoms. The van der Waals surface area contributed by atoms with Gasteiger partial charge >= 0.3 is 0 Å². The highest BCUT2D eigenvalue weighted by Gasteiger charge is 2.21.